The molecule has 0 bridgehead atoms. The summed E-state index contributed by atoms with van der Waals surface area (Å²) in [6.07, 6.45) is 1.66. The summed E-state index contributed by atoms with van der Waals surface area (Å²) in [5.74, 6) is -0.247. The van der Waals surface area contributed by atoms with Gasteiger partial charge in [-0.2, -0.15) is 0 Å². The molecule has 1 aromatic heterocycles. The Hall–Kier alpha value is -1.88. The molecule has 1 saturated heterocycles. The van der Waals surface area contributed by atoms with Gasteiger partial charge in [-0.3, -0.25) is 4.79 Å². The molecule has 6 heteroatoms. The number of carbonyl (C=O) groups excluding carboxylic acids is 1. The van der Waals surface area contributed by atoms with E-state index in [-0.39, 0.29) is 22.5 Å². The van der Waals surface area contributed by atoms with E-state index < -0.39 is 5.82 Å². The summed E-state index contributed by atoms with van der Waals surface area (Å²) in [5.41, 5.74) is 0.749. The fourth-order valence-corrected chi connectivity index (χ4v) is 2.84. The van der Waals surface area contributed by atoms with E-state index in [4.69, 9.17) is 16.1 Å². The van der Waals surface area contributed by atoms with Crippen LogP contribution in [0.4, 0.5) is 4.39 Å². The first-order chi connectivity index (χ1) is 10.1. The number of aryl methyl sites for hydroxylation is 1. The van der Waals surface area contributed by atoms with Gasteiger partial charge < -0.3 is 9.42 Å². The molecular weight excluding hydrogens is 295 g/mol. The zero-order valence-electron chi connectivity index (χ0n) is 11.5. The molecule has 1 fully saturated rings. The lowest BCUT2D eigenvalue weighted by Crippen LogP contribution is -2.31. The highest BCUT2D eigenvalue weighted by Crippen LogP contribution is 2.33. The number of amides is 1. The molecule has 1 aromatic carbocycles. The van der Waals surface area contributed by atoms with Crippen molar-refractivity contribution in [3.8, 4) is 0 Å². The standard InChI is InChI=1S/C15H14ClFN2O2/c1-9-7-13(18-21-9)14-3-2-6-19(14)15(20)11-5-4-10(16)8-12(11)17/h4-5,7-8,14H,2-3,6H2,1H3/t14-/m0/s1. The van der Waals surface area contributed by atoms with Gasteiger partial charge in [-0.05, 0) is 38.0 Å². The molecule has 2 aromatic rings. The van der Waals surface area contributed by atoms with Gasteiger partial charge >= 0.3 is 0 Å². The SMILES string of the molecule is Cc1cc([C@@H]2CCCN2C(=O)c2ccc(Cl)cc2F)no1. The van der Waals surface area contributed by atoms with Crippen molar-refractivity contribution in [2.75, 3.05) is 6.54 Å². The fraction of sp³-hybridized carbons (Fsp3) is 0.333. The Balaban J connectivity index is 1.89. The van der Waals surface area contributed by atoms with Gasteiger partial charge in [-0.25, -0.2) is 4.39 Å². The highest BCUT2D eigenvalue weighted by atomic mass is 35.5. The van der Waals surface area contributed by atoms with Crippen molar-refractivity contribution in [1.82, 2.24) is 10.1 Å². The number of benzene rings is 1. The van der Waals surface area contributed by atoms with Crippen LogP contribution in [0.1, 0.15) is 40.7 Å². The van der Waals surface area contributed by atoms with Crippen LogP contribution in [0, 0.1) is 12.7 Å². The van der Waals surface area contributed by atoms with Gasteiger partial charge in [0.05, 0.1) is 11.6 Å². The number of hydrogen-bond acceptors (Lipinski definition) is 3. The van der Waals surface area contributed by atoms with E-state index in [9.17, 15) is 9.18 Å². The molecule has 0 saturated carbocycles. The first-order valence-corrected chi connectivity index (χ1v) is 7.13. The van der Waals surface area contributed by atoms with E-state index in [1.54, 1.807) is 11.8 Å². The number of nitrogens with zero attached hydrogens (tertiary/aromatic N) is 2. The average molecular weight is 309 g/mol. The molecule has 2 heterocycles. The first-order valence-electron chi connectivity index (χ1n) is 6.75. The minimum Gasteiger partial charge on any atom is -0.361 e. The normalized spacial score (nSPS) is 18.2. The van der Waals surface area contributed by atoms with Crippen LogP contribution in [0.15, 0.2) is 28.8 Å². The van der Waals surface area contributed by atoms with E-state index in [1.165, 1.54) is 12.1 Å². The molecule has 3 rings (SSSR count). The molecule has 0 spiro atoms. The molecule has 1 aliphatic heterocycles. The third kappa shape index (κ3) is 2.65. The van der Waals surface area contributed by atoms with E-state index in [1.807, 2.05) is 6.07 Å². The van der Waals surface area contributed by atoms with E-state index in [0.717, 1.165) is 18.9 Å². The Bertz CT molecular complexity index is 686. The van der Waals surface area contributed by atoms with Crippen LogP contribution in [0.25, 0.3) is 0 Å². The summed E-state index contributed by atoms with van der Waals surface area (Å²) in [6.45, 7) is 2.38. The lowest BCUT2D eigenvalue weighted by Gasteiger charge is -2.23. The van der Waals surface area contributed by atoms with Gasteiger partial charge in [0.1, 0.15) is 17.3 Å². The summed E-state index contributed by atoms with van der Waals surface area (Å²) < 4.78 is 19.0. The van der Waals surface area contributed by atoms with Crippen LogP contribution in [-0.2, 0) is 0 Å². The minimum atomic E-state index is -0.602. The summed E-state index contributed by atoms with van der Waals surface area (Å²) in [5, 5.41) is 4.25. The Labute approximate surface area is 126 Å². The predicted octanol–water partition coefficient (Wildman–Crippen LogP) is 3.75. The van der Waals surface area contributed by atoms with Crippen LogP contribution >= 0.6 is 11.6 Å². The quantitative estimate of drug-likeness (QED) is 0.848. The molecule has 1 atom stereocenters. The molecule has 0 radical (unpaired) electrons. The van der Waals surface area contributed by atoms with Gasteiger partial charge in [0.2, 0.25) is 0 Å². The monoisotopic (exact) mass is 308 g/mol. The number of aromatic nitrogens is 1. The Kier molecular flexibility index (Phi) is 3.68. The largest absolute Gasteiger partial charge is 0.361 e. The smallest absolute Gasteiger partial charge is 0.257 e. The Morgan fingerprint density at radius 1 is 1.48 bits per heavy atom. The second-order valence-electron chi connectivity index (χ2n) is 5.14. The zero-order chi connectivity index (χ0) is 15.0. The van der Waals surface area contributed by atoms with Crippen molar-refractivity contribution in [2.45, 2.75) is 25.8 Å². The van der Waals surface area contributed by atoms with Crippen molar-refractivity contribution >= 4 is 17.5 Å². The molecule has 21 heavy (non-hydrogen) atoms. The predicted molar refractivity (Wildman–Crippen MR) is 75.7 cm³/mol. The summed E-state index contributed by atoms with van der Waals surface area (Å²) in [7, 11) is 0. The van der Waals surface area contributed by atoms with Gasteiger partial charge in [0, 0.05) is 17.6 Å². The maximum atomic E-state index is 13.9. The van der Waals surface area contributed by atoms with Crippen LogP contribution in [-0.4, -0.2) is 22.5 Å². The highest BCUT2D eigenvalue weighted by Gasteiger charge is 2.33. The maximum Gasteiger partial charge on any atom is 0.257 e. The molecule has 0 aliphatic carbocycles. The van der Waals surface area contributed by atoms with Crippen LogP contribution in [0.2, 0.25) is 5.02 Å². The molecule has 1 aliphatic rings. The van der Waals surface area contributed by atoms with Gasteiger partial charge in [-0.15, -0.1) is 0 Å². The van der Waals surface area contributed by atoms with Crippen LogP contribution < -0.4 is 0 Å². The molecule has 0 unspecified atom stereocenters. The molecule has 0 N–H and O–H groups in total. The molecule has 4 nitrogen and oxygen atoms in total. The summed E-state index contributed by atoms with van der Waals surface area (Å²) in [4.78, 5) is 14.2. The lowest BCUT2D eigenvalue weighted by molar-refractivity contribution is 0.0726. The van der Waals surface area contributed by atoms with Crippen molar-refractivity contribution in [1.29, 1.82) is 0 Å². The number of halogens is 2. The third-order valence-electron chi connectivity index (χ3n) is 3.66. The minimum absolute atomic E-state index is 0.0338. The molecule has 110 valence electrons. The first kappa shape index (κ1) is 14.1. The van der Waals surface area contributed by atoms with E-state index >= 15 is 0 Å². The number of carbonyl (C=O) groups is 1. The Morgan fingerprint density at radius 2 is 2.29 bits per heavy atom. The number of hydrogen-bond donors (Lipinski definition) is 0. The maximum absolute atomic E-state index is 13.9. The van der Waals surface area contributed by atoms with Gasteiger partial charge in [0.15, 0.2) is 0 Å². The van der Waals surface area contributed by atoms with Crippen molar-refractivity contribution in [3.63, 3.8) is 0 Å². The molecule has 1 amide bonds. The zero-order valence-corrected chi connectivity index (χ0v) is 12.2. The topological polar surface area (TPSA) is 46.3 Å². The highest BCUT2D eigenvalue weighted by molar-refractivity contribution is 6.30. The second kappa shape index (κ2) is 5.48. The average Bonchev–Trinajstić information content (AvgIpc) is 3.06. The van der Waals surface area contributed by atoms with Gasteiger partial charge in [-0.1, -0.05) is 16.8 Å². The number of rotatable bonds is 2. The van der Waals surface area contributed by atoms with Crippen molar-refractivity contribution in [2.24, 2.45) is 0 Å². The lowest BCUT2D eigenvalue weighted by atomic mass is 10.1. The second-order valence-corrected chi connectivity index (χ2v) is 5.58. The van der Waals surface area contributed by atoms with E-state index in [2.05, 4.69) is 5.16 Å². The fourth-order valence-electron chi connectivity index (χ4n) is 2.68. The van der Waals surface area contributed by atoms with E-state index in [0.29, 0.717) is 18.0 Å². The van der Waals surface area contributed by atoms with Crippen molar-refractivity contribution in [3.05, 3.63) is 52.1 Å². The Morgan fingerprint density at radius 3 is 2.95 bits per heavy atom. The number of likely N-dealkylation sites (tertiary alicyclic amines) is 1. The third-order valence-corrected chi connectivity index (χ3v) is 3.90. The van der Waals surface area contributed by atoms with Crippen molar-refractivity contribution < 1.29 is 13.7 Å². The van der Waals surface area contributed by atoms with Gasteiger partial charge in [0.25, 0.3) is 5.91 Å². The van der Waals surface area contributed by atoms with Crippen LogP contribution in [0.3, 0.4) is 0 Å². The summed E-state index contributed by atoms with van der Waals surface area (Å²) in [6, 6.07) is 5.74. The van der Waals surface area contributed by atoms with Crippen LogP contribution in [0.5, 0.6) is 0 Å². The molecular formula is C15H14ClFN2O2. The summed E-state index contributed by atoms with van der Waals surface area (Å²) >= 11 is 5.72.